The normalized spacial score (nSPS) is 26.2. The van der Waals surface area contributed by atoms with E-state index in [0.29, 0.717) is 23.5 Å². The van der Waals surface area contributed by atoms with E-state index in [0.717, 1.165) is 13.0 Å². The lowest BCUT2D eigenvalue weighted by atomic mass is 9.96. The van der Waals surface area contributed by atoms with Gasteiger partial charge in [0.15, 0.2) is 0 Å². The summed E-state index contributed by atoms with van der Waals surface area (Å²) in [6.45, 7) is 1.40. The van der Waals surface area contributed by atoms with E-state index >= 15 is 0 Å². The quantitative estimate of drug-likeness (QED) is 0.602. The van der Waals surface area contributed by atoms with Crippen molar-refractivity contribution in [2.45, 2.75) is 18.0 Å². The van der Waals surface area contributed by atoms with Crippen molar-refractivity contribution < 1.29 is 4.79 Å². The van der Waals surface area contributed by atoms with E-state index in [2.05, 4.69) is 15.1 Å². The van der Waals surface area contributed by atoms with Gasteiger partial charge in [0.05, 0.1) is 17.5 Å². The Balaban J connectivity index is 1.72. The molecule has 0 spiro atoms. The summed E-state index contributed by atoms with van der Waals surface area (Å²) >= 11 is 6.09. The third-order valence-corrected chi connectivity index (χ3v) is 4.58. The van der Waals surface area contributed by atoms with Gasteiger partial charge in [0, 0.05) is 37.3 Å². The molecule has 0 aliphatic carbocycles. The highest BCUT2D eigenvalue weighted by atomic mass is 35.5. The summed E-state index contributed by atoms with van der Waals surface area (Å²) < 4.78 is 1.91. The number of carbonyl (C=O) groups is 1. The number of amides is 1. The Bertz CT molecular complexity index is 858. The van der Waals surface area contributed by atoms with E-state index < -0.39 is 11.4 Å². The molecule has 4 rings (SSSR count). The molecule has 0 saturated carbocycles. The van der Waals surface area contributed by atoms with Crippen molar-refractivity contribution in [1.82, 2.24) is 14.7 Å². The molecule has 120 valence electrons. The van der Waals surface area contributed by atoms with E-state index in [-0.39, 0.29) is 11.6 Å². The summed E-state index contributed by atoms with van der Waals surface area (Å²) in [6, 6.07) is 4.10. The minimum atomic E-state index is -0.526. The fraction of sp³-hybridized carbons (Fsp3) is 0.312. The first-order valence-corrected chi connectivity index (χ1v) is 8.02. The molecule has 0 aromatic carbocycles. The van der Waals surface area contributed by atoms with Gasteiger partial charge < -0.3 is 4.90 Å². The van der Waals surface area contributed by atoms with E-state index in [1.807, 2.05) is 27.9 Å². The van der Waals surface area contributed by atoms with Crippen molar-refractivity contribution in [3.05, 3.63) is 41.4 Å². The number of rotatable bonds is 2. The minimum Gasteiger partial charge on any atom is -0.368 e. The van der Waals surface area contributed by atoms with Gasteiger partial charge in [0.1, 0.15) is 17.1 Å². The van der Waals surface area contributed by atoms with Crippen LogP contribution in [0.4, 0.5) is 0 Å². The monoisotopic (exact) mass is 340 g/mol. The molecular weight excluding hydrogens is 328 g/mol. The average Bonchev–Trinajstić information content (AvgIpc) is 3.25. The molecule has 0 bridgehead atoms. The molecule has 1 fully saturated rings. The molecule has 0 radical (unpaired) electrons. The number of aromatic nitrogens is 2. The highest BCUT2D eigenvalue weighted by Gasteiger charge is 2.35. The van der Waals surface area contributed by atoms with Gasteiger partial charge in [-0.25, -0.2) is 4.99 Å². The van der Waals surface area contributed by atoms with Gasteiger partial charge in [-0.05, 0) is 18.6 Å². The first-order chi connectivity index (χ1) is 11.7. The number of halogens is 1. The summed E-state index contributed by atoms with van der Waals surface area (Å²) in [5.74, 6) is -0.526. The number of carbonyl (C=O) groups excluding carboxylic acids is 1. The van der Waals surface area contributed by atoms with E-state index in [1.165, 1.54) is 6.21 Å². The van der Waals surface area contributed by atoms with E-state index in [4.69, 9.17) is 11.6 Å². The second-order valence-electron chi connectivity index (χ2n) is 5.74. The van der Waals surface area contributed by atoms with Gasteiger partial charge in [-0.15, -0.1) is 0 Å². The zero-order valence-electron chi connectivity index (χ0n) is 12.6. The molecule has 1 saturated heterocycles. The van der Waals surface area contributed by atoms with Gasteiger partial charge in [-0.1, -0.05) is 11.6 Å². The van der Waals surface area contributed by atoms with Gasteiger partial charge in [0.25, 0.3) is 5.91 Å². The molecule has 7 nitrogen and oxygen atoms in total. The van der Waals surface area contributed by atoms with E-state index in [9.17, 15) is 10.1 Å². The van der Waals surface area contributed by atoms with Crippen LogP contribution in [0.15, 0.2) is 51.4 Å². The second kappa shape index (κ2) is 5.73. The minimum absolute atomic E-state index is 0.0604. The van der Waals surface area contributed by atoms with Crippen LogP contribution >= 0.6 is 11.6 Å². The number of dihydropyridines is 2. The number of allylic oxidation sites excluding steroid dienone is 1. The molecule has 8 heteroatoms. The Morgan fingerprint density at radius 1 is 1.42 bits per heavy atom. The molecule has 1 amide bonds. The fourth-order valence-corrected chi connectivity index (χ4v) is 3.44. The second-order valence-corrected chi connectivity index (χ2v) is 6.19. The predicted octanol–water partition coefficient (Wildman–Crippen LogP) is 1.46. The average molecular weight is 341 g/mol. The van der Waals surface area contributed by atoms with Crippen LogP contribution < -0.4 is 0 Å². The van der Waals surface area contributed by atoms with Gasteiger partial charge in [-0.3, -0.25) is 14.5 Å². The summed E-state index contributed by atoms with van der Waals surface area (Å²) in [5.41, 5.74) is 1.33. The van der Waals surface area contributed by atoms with Crippen molar-refractivity contribution in [2.75, 3.05) is 13.1 Å². The molecule has 3 aliphatic rings. The number of fused-ring (bicyclic) bond motifs is 1. The zero-order chi connectivity index (χ0) is 16.7. The Morgan fingerprint density at radius 3 is 3.04 bits per heavy atom. The van der Waals surface area contributed by atoms with E-state index in [1.54, 1.807) is 12.3 Å². The maximum Gasteiger partial charge on any atom is 0.290 e. The zero-order valence-corrected chi connectivity index (χ0v) is 13.4. The number of nitriles is 1. The highest BCUT2D eigenvalue weighted by molar-refractivity contribution is 6.44. The number of likely N-dealkylation sites (tertiary alicyclic amines) is 1. The maximum absolute atomic E-state index is 12.2. The lowest BCUT2D eigenvalue weighted by molar-refractivity contribution is -0.114. The Kier molecular flexibility index (Phi) is 3.54. The maximum atomic E-state index is 12.2. The Labute approximate surface area is 143 Å². The Morgan fingerprint density at radius 2 is 2.29 bits per heavy atom. The standard InChI is InChI=1S/C16H13ClN6O/c17-14-6-11-13(8-19-14)21-16(24)12(7-18)15(11)22-5-2-10(9-22)23-4-1-3-20-23/h1,3-4,6,8,10,14H,2,5,9H2/t10-,14?/m1/s1. The lowest BCUT2D eigenvalue weighted by Crippen LogP contribution is -2.32. The van der Waals surface area contributed by atoms with Crippen LogP contribution in [0.3, 0.4) is 0 Å². The summed E-state index contributed by atoms with van der Waals surface area (Å²) in [5, 5.41) is 13.7. The van der Waals surface area contributed by atoms with Crippen molar-refractivity contribution >= 4 is 29.4 Å². The van der Waals surface area contributed by atoms with Crippen LogP contribution in [0.5, 0.6) is 0 Å². The van der Waals surface area contributed by atoms with Crippen molar-refractivity contribution in [3.8, 4) is 6.07 Å². The number of alkyl halides is 1. The number of hydrogen-bond acceptors (Lipinski definition) is 5. The van der Waals surface area contributed by atoms with Gasteiger partial charge in [0.2, 0.25) is 0 Å². The molecule has 0 N–H and O–H groups in total. The highest BCUT2D eigenvalue weighted by Crippen LogP contribution is 2.33. The molecule has 1 aromatic rings. The number of aliphatic imine (C=N–C) groups is 2. The first-order valence-electron chi connectivity index (χ1n) is 7.58. The van der Waals surface area contributed by atoms with Crippen LogP contribution in [0.2, 0.25) is 0 Å². The van der Waals surface area contributed by atoms with Crippen LogP contribution in [-0.2, 0) is 4.79 Å². The van der Waals surface area contributed by atoms with Crippen molar-refractivity contribution in [3.63, 3.8) is 0 Å². The Hall–Kier alpha value is -2.72. The van der Waals surface area contributed by atoms with Crippen LogP contribution in [-0.4, -0.2) is 51.1 Å². The predicted molar refractivity (Wildman–Crippen MR) is 88.8 cm³/mol. The molecule has 1 unspecified atom stereocenters. The third-order valence-electron chi connectivity index (χ3n) is 4.34. The van der Waals surface area contributed by atoms with Crippen molar-refractivity contribution in [2.24, 2.45) is 9.98 Å². The van der Waals surface area contributed by atoms with Crippen LogP contribution in [0, 0.1) is 11.3 Å². The molecule has 4 heterocycles. The summed E-state index contributed by atoms with van der Waals surface area (Å²) in [4.78, 5) is 22.3. The SMILES string of the molecule is N#CC1=C(N2CC[C@@H](n3cccn3)C2)C2=CC(Cl)N=CC2=NC1=O. The van der Waals surface area contributed by atoms with Gasteiger partial charge in [-0.2, -0.15) is 10.4 Å². The van der Waals surface area contributed by atoms with Crippen molar-refractivity contribution in [1.29, 1.82) is 5.26 Å². The molecule has 2 atom stereocenters. The largest absolute Gasteiger partial charge is 0.368 e. The van der Waals surface area contributed by atoms with Crippen LogP contribution in [0.1, 0.15) is 12.5 Å². The third kappa shape index (κ3) is 2.36. The molecular formula is C16H13ClN6O. The number of hydrogen-bond donors (Lipinski definition) is 0. The smallest absolute Gasteiger partial charge is 0.290 e. The fourth-order valence-electron chi connectivity index (χ4n) is 3.25. The summed E-state index contributed by atoms with van der Waals surface area (Å²) in [6.07, 6.45) is 7.79. The molecule has 1 aromatic heterocycles. The topological polar surface area (TPSA) is 86.6 Å². The number of nitrogens with zero attached hydrogens (tertiary/aromatic N) is 6. The molecule has 3 aliphatic heterocycles. The lowest BCUT2D eigenvalue weighted by Gasteiger charge is -2.28. The van der Waals surface area contributed by atoms with Crippen LogP contribution in [0.25, 0.3) is 0 Å². The summed E-state index contributed by atoms with van der Waals surface area (Å²) in [7, 11) is 0. The molecule has 24 heavy (non-hydrogen) atoms. The van der Waals surface area contributed by atoms with Gasteiger partial charge >= 0.3 is 0 Å². The first kappa shape index (κ1) is 14.8.